The number of hydrogen-bond donors (Lipinski definition) is 1. The van der Waals surface area contributed by atoms with Gasteiger partial charge in [-0.05, 0) is 60.6 Å². The van der Waals surface area contributed by atoms with Gasteiger partial charge in [0, 0.05) is 22.1 Å². The average Bonchev–Trinajstić information content (AvgIpc) is 2.82. The number of anilines is 1. The van der Waals surface area contributed by atoms with Gasteiger partial charge < -0.3 is 10.0 Å². The lowest BCUT2D eigenvalue weighted by Crippen LogP contribution is -2.42. The van der Waals surface area contributed by atoms with E-state index in [-0.39, 0.29) is 17.6 Å². The van der Waals surface area contributed by atoms with E-state index in [0.717, 1.165) is 27.6 Å². The first-order valence-electron chi connectivity index (χ1n) is 10.4. The maximum Gasteiger partial charge on any atom is 0.264 e. The van der Waals surface area contributed by atoms with E-state index in [9.17, 15) is 14.7 Å². The van der Waals surface area contributed by atoms with Crippen LogP contribution >= 0.6 is 15.9 Å². The van der Waals surface area contributed by atoms with Gasteiger partial charge in [0.1, 0.15) is 0 Å². The molecule has 1 aliphatic rings. The summed E-state index contributed by atoms with van der Waals surface area (Å²) in [6.07, 6.45) is 0.490. The molecule has 0 fully saturated rings. The molecule has 0 aliphatic carbocycles. The topological polar surface area (TPSA) is 57.6 Å². The molecular formula is C25H30BrNO3. The molecule has 1 aliphatic heterocycles. The first-order valence-corrected chi connectivity index (χ1v) is 11.2. The normalized spacial score (nSPS) is 18.7. The van der Waals surface area contributed by atoms with Crippen molar-refractivity contribution in [2.75, 3.05) is 11.4 Å². The highest BCUT2D eigenvalue weighted by atomic mass is 79.9. The van der Waals surface area contributed by atoms with Gasteiger partial charge in [-0.2, -0.15) is 0 Å². The summed E-state index contributed by atoms with van der Waals surface area (Å²) >= 11 is 3.43. The van der Waals surface area contributed by atoms with Gasteiger partial charge in [0.15, 0.2) is 11.4 Å². The summed E-state index contributed by atoms with van der Waals surface area (Å²) in [6, 6.07) is 9.49. The van der Waals surface area contributed by atoms with Crippen molar-refractivity contribution in [1.29, 1.82) is 0 Å². The Labute approximate surface area is 187 Å². The number of ketones is 1. The number of halogens is 1. The Hall–Kier alpha value is -1.98. The molecule has 1 N–H and O–H groups in total. The lowest BCUT2D eigenvalue weighted by Gasteiger charge is -2.25. The Morgan fingerprint density at radius 3 is 2.27 bits per heavy atom. The Morgan fingerprint density at radius 2 is 1.73 bits per heavy atom. The van der Waals surface area contributed by atoms with Crippen molar-refractivity contribution in [2.24, 2.45) is 0 Å². The summed E-state index contributed by atoms with van der Waals surface area (Å²) in [5.41, 5.74) is 2.79. The fourth-order valence-electron chi connectivity index (χ4n) is 4.30. The Morgan fingerprint density at radius 1 is 1.13 bits per heavy atom. The molecule has 0 aromatic heterocycles. The van der Waals surface area contributed by atoms with Gasteiger partial charge >= 0.3 is 0 Å². The fraction of sp³-hybridized carbons (Fsp3) is 0.440. The summed E-state index contributed by atoms with van der Waals surface area (Å²) in [6.45, 7) is 12.7. The molecule has 2 aromatic carbocycles. The van der Waals surface area contributed by atoms with Crippen LogP contribution in [0.1, 0.15) is 73.1 Å². The van der Waals surface area contributed by atoms with Crippen LogP contribution in [-0.4, -0.2) is 23.3 Å². The van der Waals surface area contributed by atoms with Crippen LogP contribution in [0.5, 0.6) is 0 Å². The maximum atomic E-state index is 13.4. The molecule has 2 aromatic rings. The van der Waals surface area contributed by atoms with Gasteiger partial charge in [0.2, 0.25) is 0 Å². The number of carbonyl (C=O) groups is 2. The number of rotatable bonds is 5. The zero-order chi connectivity index (χ0) is 22.4. The van der Waals surface area contributed by atoms with Crippen LogP contribution in [0, 0.1) is 13.8 Å². The van der Waals surface area contributed by atoms with E-state index < -0.39 is 11.5 Å². The number of nitrogens with zero attached hydrogens (tertiary/aromatic N) is 1. The number of Topliss-reactive ketones (excluding diaryl/α,β-unsaturated/α-hetero) is 1. The van der Waals surface area contributed by atoms with Crippen LogP contribution in [0.4, 0.5) is 5.69 Å². The van der Waals surface area contributed by atoms with Crippen LogP contribution in [0.3, 0.4) is 0 Å². The molecule has 3 rings (SSSR count). The molecule has 160 valence electrons. The van der Waals surface area contributed by atoms with Crippen molar-refractivity contribution in [2.45, 2.75) is 65.4 Å². The third kappa shape index (κ3) is 3.85. The van der Waals surface area contributed by atoms with Crippen LogP contribution in [0.2, 0.25) is 0 Å². The molecule has 1 atom stereocenters. The Kier molecular flexibility index (Phi) is 6.00. The number of carbonyl (C=O) groups excluding carboxylic acids is 2. The summed E-state index contributed by atoms with van der Waals surface area (Å²) < 4.78 is 0.764. The fourth-order valence-corrected chi connectivity index (χ4v) is 4.66. The second-order valence-electron chi connectivity index (χ2n) is 9.31. The molecule has 30 heavy (non-hydrogen) atoms. The van der Waals surface area contributed by atoms with Crippen molar-refractivity contribution < 1.29 is 14.7 Å². The quantitative estimate of drug-likeness (QED) is 0.578. The smallest absolute Gasteiger partial charge is 0.264 e. The molecule has 1 heterocycles. The van der Waals surface area contributed by atoms with E-state index in [4.69, 9.17) is 0 Å². The molecule has 0 radical (unpaired) electrons. The van der Waals surface area contributed by atoms with Crippen LogP contribution in [0.15, 0.2) is 34.8 Å². The molecule has 0 spiro atoms. The Balaban J connectivity index is 2.03. The average molecular weight is 472 g/mol. The van der Waals surface area contributed by atoms with E-state index in [1.54, 1.807) is 11.0 Å². The number of aryl methyl sites for hydroxylation is 2. The second kappa shape index (κ2) is 7.93. The highest BCUT2D eigenvalue weighted by Crippen LogP contribution is 2.44. The van der Waals surface area contributed by atoms with Gasteiger partial charge in [-0.3, -0.25) is 9.59 Å². The molecule has 0 bridgehead atoms. The monoisotopic (exact) mass is 471 g/mol. The number of fused-ring (bicyclic) bond motifs is 1. The first-order chi connectivity index (χ1) is 13.9. The lowest BCUT2D eigenvalue weighted by molar-refractivity contribution is -0.135. The van der Waals surface area contributed by atoms with Crippen molar-refractivity contribution in [3.05, 3.63) is 62.6 Å². The lowest BCUT2D eigenvalue weighted by atomic mass is 9.81. The zero-order valence-corrected chi connectivity index (χ0v) is 20.2. The standard InChI is InChI=1S/C25H30BrNO3/c1-7-10-27-20-9-8-18(26)13-19(20)25(30,23(27)29)14-21(28)22-15(2)11-17(12-16(22)3)24(4,5)6/h8-9,11-13,30H,7,10,14H2,1-6H3. The van der Waals surface area contributed by atoms with Gasteiger partial charge in [-0.1, -0.05) is 55.8 Å². The minimum atomic E-state index is -1.85. The molecule has 0 saturated heterocycles. The van der Waals surface area contributed by atoms with Gasteiger partial charge in [-0.25, -0.2) is 0 Å². The summed E-state index contributed by atoms with van der Waals surface area (Å²) in [5.74, 6) is -0.641. The van der Waals surface area contributed by atoms with E-state index >= 15 is 0 Å². The summed E-state index contributed by atoms with van der Waals surface area (Å²) in [7, 11) is 0. The van der Waals surface area contributed by atoms with Crippen LogP contribution < -0.4 is 4.90 Å². The van der Waals surface area contributed by atoms with E-state index in [1.165, 1.54) is 0 Å². The highest BCUT2D eigenvalue weighted by molar-refractivity contribution is 9.10. The van der Waals surface area contributed by atoms with E-state index in [2.05, 4.69) is 36.7 Å². The maximum absolute atomic E-state index is 13.4. The van der Waals surface area contributed by atoms with Crippen LogP contribution in [0.25, 0.3) is 0 Å². The number of hydrogen-bond acceptors (Lipinski definition) is 3. The number of benzene rings is 2. The summed E-state index contributed by atoms with van der Waals surface area (Å²) in [5, 5.41) is 11.5. The summed E-state index contributed by atoms with van der Waals surface area (Å²) in [4.78, 5) is 28.2. The SMILES string of the molecule is CCCN1C(=O)C(O)(CC(=O)c2c(C)cc(C(C)(C)C)cc2C)c2cc(Br)ccc21. The predicted molar refractivity (Wildman–Crippen MR) is 124 cm³/mol. The highest BCUT2D eigenvalue weighted by Gasteiger charge is 2.51. The number of aliphatic hydroxyl groups is 1. The molecule has 1 unspecified atom stereocenters. The van der Waals surface area contributed by atoms with Crippen molar-refractivity contribution >= 4 is 33.3 Å². The van der Waals surface area contributed by atoms with Crippen molar-refractivity contribution in [3.63, 3.8) is 0 Å². The Bertz CT molecular complexity index is 999. The first kappa shape index (κ1) is 22.7. The van der Waals surface area contributed by atoms with Gasteiger partial charge in [0.05, 0.1) is 12.1 Å². The van der Waals surface area contributed by atoms with E-state index in [1.807, 2.05) is 45.0 Å². The molecular weight excluding hydrogens is 442 g/mol. The predicted octanol–water partition coefficient (Wildman–Crippen LogP) is 5.58. The zero-order valence-electron chi connectivity index (χ0n) is 18.6. The molecule has 5 heteroatoms. The van der Waals surface area contributed by atoms with Crippen molar-refractivity contribution in [3.8, 4) is 0 Å². The third-order valence-electron chi connectivity index (χ3n) is 5.84. The largest absolute Gasteiger partial charge is 0.375 e. The third-order valence-corrected chi connectivity index (χ3v) is 6.33. The molecule has 4 nitrogen and oxygen atoms in total. The van der Waals surface area contributed by atoms with Gasteiger partial charge in [-0.15, -0.1) is 0 Å². The molecule has 0 saturated carbocycles. The minimum absolute atomic E-state index is 0.0252. The van der Waals surface area contributed by atoms with Gasteiger partial charge in [0.25, 0.3) is 5.91 Å². The number of amides is 1. The minimum Gasteiger partial charge on any atom is -0.375 e. The van der Waals surface area contributed by atoms with Crippen molar-refractivity contribution in [1.82, 2.24) is 0 Å². The van der Waals surface area contributed by atoms with Crippen LogP contribution in [-0.2, 0) is 15.8 Å². The molecule has 1 amide bonds. The second-order valence-corrected chi connectivity index (χ2v) is 10.2. The van der Waals surface area contributed by atoms with E-state index in [0.29, 0.717) is 23.4 Å².